The van der Waals surface area contributed by atoms with Crippen molar-refractivity contribution in [3.05, 3.63) is 16.0 Å². The van der Waals surface area contributed by atoms with Crippen LogP contribution in [-0.2, 0) is 17.8 Å². The predicted octanol–water partition coefficient (Wildman–Crippen LogP) is 2.27. The Balaban J connectivity index is 2.05. The molecular weight excluding hydrogens is 292 g/mol. The third-order valence-corrected chi connectivity index (χ3v) is 5.85. The highest BCUT2D eigenvalue weighted by Gasteiger charge is 2.36. The Bertz CT molecular complexity index is 557. The van der Waals surface area contributed by atoms with Gasteiger partial charge in [0.2, 0.25) is 0 Å². The number of hydrazine groups is 1. The van der Waals surface area contributed by atoms with Gasteiger partial charge in [-0.1, -0.05) is 6.92 Å². The lowest BCUT2D eigenvalue weighted by Crippen LogP contribution is -2.39. The van der Waals surface area contributed by atoms with E-state index in [1.165, 1.54) is 10.4 Å². The van der Waals surface area contributed by atoms with Crippen LogP contribution in [0.3, 0.4) is 0 Å². The summed E-state index contributed by atoms with van der Waals surface area (Å²) >= 11 is 3.42. The topological polar surface area (TPSA) is 71.7 Å². The molecule has 20 heavy (non-hydrogen) atoms. The molecule has 3 rings (SSSR count). The zero-order valence-corrected chi connectivity index (χ0v) is 13.6. The van der Waals surface area contributed by atoms with Gasteiger partial charge in [-0.15, -0.1) is 23.1 Å². The van der Waals surface area contributed by atoms with Gasteiger partial charge in [-0.3, -0.25) is 0 Å². The number of anilines is 1. The minimum Gasteiger partial charge on any atom is -0.369 e. The molecule has 2 aliphatic rings. The number of thiophene rings is 1. The Morgan fingerprint density at radius 1 is 1.65 bits per heavy atom. The number of nitrogens with one attached hydrogen (secondary N) is 2. The minimum atomic E-state index is -0.0854. The Labute approximate surface area is 127 Å². The molecule has 0 amide bonds. The van der Waals surface area contributed by atoms with Gasteiger partial charge in [0.25, 0.3) is 0 Å². The van der Waals surface area contributed by atoms with Crippen LogP contribution in [0.2, 0.25) is 0 Å². The number of fused-ring (bicyclic) bond motifs is 3. The van der Waals surface area contributed by atoms with E-state index in [1.807, 2.05) is 6.26 Å². The summed E-state index contributed by atoms with van der Waals surface area (Å²) in [5.41, 5.74) is 5.18. The first-order chi connectivity index (χ1) is 9.60. The molecule has 0 saturated heterocycles. The van der Waals surface area contributed by atoms with Crippen molar-refractivity contribution in [3.8, 4) is 0 Å². The Morgan fingerprint density at radius 3 is 3.10 bits per heavy atom. The first-order valence-electron chi connectivity index (χ1n) is 6.73. The number of nitrogens with zero attached hydrogens (tertiary/aromatic N) is 1. The number of hydrogen-bond donors (Lipinski definition) is 3. The molecule has 3 heterocycles. The largest absolute Gasteiger partial charge is 0.369 e. The fraction of sp³-hybridized carbons (Fsp3) is 0.615. The van der Waals surface area contributed by atoms with Crippen LogP contribution < -0.4 is 16.6 Å². The minimum absolute atomic E-state index is 0.0205. The number of rotatable bonds is 2. The van der Waals surface area contributed by atoms with Crippen molar-refractivity contribution in [2.45, 2.75) is 44.4 Å². The van der Waals surface area contributed by atoms with Gasteiger partial charge >= 0.3 is 0 Å². The summed E-state index contributed by atoms with van der Waals surface area (Å²) in [4.78, 5) is 5.90. The maximum atomic E-state index is 6.03. The molecule has 0 saturated carbocycles. The Hall–Kier alpha value is -0.760. The number of ether oxygens (including phenoxy) is 1. The molecule has 2 aliphatic heterocycles. The second kappa shape index (κ2) is 5.22. The van der Waals surface area contributed by atoms with E-state index in [0.717, 1.165) is 29.2 Å². The maximum Gasteiger partial charge on any atom is 0.169 e. The van der Waals surface area contributed by atoms with Gasteiger partial charge in [-0.2, -0.15) is 0 Å². The van der Waals surface area contributed by atoms with E-state index >= 15 is 0 Å². The van der Waals surface area contributed by atoms with Crippen LogP contribution in [0.25, 0.3) is 0 Å². The normalized spacial score (nSPS) is 28.2. The first kappa shape index (κ1) is 14.2. The van der Waals surface area contributed by atoms with Crippen molar-refractivity contribution >= 4 is 33.9 Å². The van der Waals surface area contributed by atoms with Gasteiger partial charge in [0.1, 0.15) is 10.8 Å². The molecule has 2 unspecified atom stereocenters. The van der Waals surface area contributed by atoms with Gasteiger partial charge in [-0.25, -0.2) is 10.8 Å². The molecule has 0 aromatic carbocycles. The van der Waals surface area contributed by atoms with E-state index < -0.39 is 0 Å². The number of thioether (sulfide) groups is 1. The van der Waals surface area contributed by atoms with Crippen LogP contribution in [-0.4, -0.2) is 23.2 Å². The van der Waals surface area contributed by atoms with Crippen LogP contribution in [0, 0.1) is 0 Å². The summed E-state index contributed by atoms with van der Waals surface area (Å²) in [5, 5.41) is 4.61. The summed E-state index contributed by atoms with van der Waals surface area (Å²) in [6, 6.07) is 0. The average molecular weight is 312 g/mol. The van der Waals surface area contributed by atoms with Crippen LogP contribution in [0.5, 0.6) is 0 Å². The van der Waals surface area contributed by atoms with E-state index in [1.54, 1.807) is 23.1 Å². The van der Waals surface area contributed by atoms with E-state index in [9.17, 15) is 0 Å². The molecule has 7 heteroatoms. The molecule has 0 bridgehead atoms. The molecule has 0 spiro atoms. The van der Waals surface area contributed by atoms with Crippen molar-refractivity contribution in [1.29, 1.82) is 0 Å². The lowest BCUT2D eigenvalue weighted by Gasteiger charge is -2.33. The van der Waals surface area contributed by atoms with E-state index in [4.69, 9.17) is 10.6 Å². The van der Waals surface area contributed by atoms with Gasteiger partial charge in [0, 0.05) is 11.3 Å². The molecule has 0 radical (unpaired) electrons. The summed E-state index contributed by atoms with van der Waals surface area (Å²) in [7, 11) is 0. The molecule has 1 aromatic heterocycles. The Morgan fingerprint density at radius 2 is 2.45 bits per heavy atom. The molecule has 1 aromatic rings. The quantitative estimate of drug-likeness (QED) is 0.577. The number of hydrogen-bond acceptors (Lipinski definition) is 7. The molecular formula is C13H20N4OS2. The molecule has 0 fully saturated rings. The van der Waals surface area contributed by atoms with Crippen molar-refractivity contribution in [3.63, 3.8) is 0 Å². The number of amidine groups is 1. The second-order valence-electron chi connectivity index (χ2n) is 5.33. The molecule has 2 atom stereocenters. The first-order valence-corrected chi connectivity index (χ1v) is 8.83. The third kappa shape index (κ3) is 2.22. The molecule has 0 aliphatic carbocycles. The van der Waals surface area contributed by atoms with Crippen LogP contribution >= 0.6 is 23.1 Å². The fourth-order valence-electron chi connectivity index (χ4n) is 2.61. The van der Waals surface area contributed by atoms with Crippen LogP contribution in [0.4, 0.5) is 5.00 Å². The van der Waals surface area contributed by atoms with Crippen molar-refractivity contribution in [2.75, 3.05) is 11.6 Å². The fourth-order valence-corrected chi connectivity index (χ4v) is 4.28. The highest BCUT2D eigenvalue weighted by molar-refractivity contribution is 7.99. The van der Waals surface area contributed by atoms with E-state index in [0.29, 0.717) is 6.61 Å². The maximum absolute atomic E-state index is 6.03. The zero-order valence-electron chi connectivity index (χ0n) is 11.9. The van der Waals surface area contributed by atoms with Crippen LogP contribution in [0.1, 0.15) is 36.3 Å². The predicted molar refractivity (Wildman–Crippen MR) is 86.3 cm³/mol. The lowest BCUT2D eigenvalue weighted by molar-refractivity contribution is -0.0546. The van der Waals surface area contributed by atoms with Gasteiger partial charge in [0.05, 0.1) is 17.8 Å². The summed E-state index contributed by atoms with van der Waals surface area (Å²) in [6.07, 6.45) is 3.95. The van der Waals surface area contributed by atoms with Gasteiger partial charge in [-0.05, 0) is 25.2 Å². The van der Waals surface area contributed by atoms with Crippen molar-refractivity contribution in [1.82, 2.24) is 5.43 Å². The van der Waals surface area contributed by atoms with Crippen molar-refractivity contribution < 1.29 is 4.74 Å². The lowest BCUT2D eigenvalue weighted by atomic mass is 9.89. The van der Waals surface area contributed by atoms with E-state index in [-0.39, 0.29) is 11.1 Å². The standard InChI is InChI=1S/C13H20N4OS2/c1-4-13(2)5-7-8(6-18-13)20-11-9(7)10(17-14)15-12(16-11)19-3/h12,16H,4-6,14H2,1-3H3,(H,15,17). The highest BCUT2D eigenvalue weighted by Crippen LogP contribution is 2.43. The summed E-state index contributed by atoms with van der Waals surface area (Å²) < 4.78 is 6.03. The van der Waals surface area contributed by atoms with Gasteiger partial charge in [0.15, 0.2) is 5.50 Å². The highest BCUT2D eigenvalue weighted by atomic mass is 32.2. The molecule has 110 valence electrons. The SMILES string of the molecule is CCC1(C)Cc2c(sc3c2C(NN)=NC(SC)N3)CO1. The van der Waals surface area contributed by atoms with Gasteiger partial charge < -0.3 is 15.5 Å². The molecule has 4 N–H and O–H groups in total. The number of aliphatic imine (C=N–C) groups is 1. The van der Waals surface area contributed by atoms with E-state index in [2.05, 4.69) is 29.6 Å². The zero-order chi connectivity index (χ0) is 14.3. The molecule has 5 nitrogen and oxygen atoms in total. The Kier molecular flexibility index (Phi) is 3.70. The third-order valence-electron chi connectivity index (χ3n) is 4.04. The monoisotopic (exact) mass is 312 g/mol. The average Bonchev–Trinajstić information content (AvgIpc) is 2.83. The summed E-state index contributed by atoms with van der Waals surface area (Å²) in [5.74, 6) is 6.47. The van der Waals surface area contributed by atoms with Crippen LogP contribution in [0.15, 0.2) is 4.99 Å². The second-order valence-corrected chi connectivity index (χ2v) is 7.35. The van der Waals surface area contributed by atoms with Crippen molar-refractivity contribution in [2.24, 2.45) is 10.8 Å². The summed E-state index contributed by atoms with van der Waals surface area (Å²) in [6.45, 7) is 5.02. The number of nitrogens with two attached hydrogens (primary N) is 1. The smallest absolute Gasteiger partial charge is 0.169 e.